The van der Waals surface area contributed by atoms with Gasteiger partial charge in [0.25, 0.3) is 0 Å². The number of benzene rings is 1. The third kappa shape index (κ3) is 4.23. The van der Waals surface area contributed by atoms with Crippen LogP contribution in [0.5, 0.6) is 0 Å². The van der Waals surface area contributed by atoms with Crippen LogP contribution < -0.4 is 5.32 Å². The van der Waals surface area contributed by atoms with Crippen molar-refractivity contribution in [3.63, 3.8) is 0 Å². The van der Waals surface area contributed by atoms with E-state index in [0.29, 0.717) is 11.3 Å². The molecule has 0 aliphatic heterocycles. The maximum atomic E-state index is 12.1. The van der Waals surface area contributed by atoms with Gasteiger partial charge in [-0.15, -0.1) is 10.2 Å². The SMILES string of the molecule is CC(CC(=O)O)C(=O)c1ccc(NC=C(C#N)c2nn[nH]n2)cc1. The molecule has 0 bridgehead atoms. The van der Waals surface area contributed by atoms with E-state index in [4.69, 9.17) is 10.4 Å². The number of tetrazole rings is 1. The maximum Gasteiger partial charge on any atom is 0.304 e. The predicted molar refractivity (Wildman–Crippen MR) is 83.6 cm³/mol. The van der Waals surface area contributed by atoms with Crippen molar-refractivity contribution in [2.45, 2.75) is 13.3 Å². The summed E-state index contributed by atoms with van der Waals surface area (Å²) in [4.78, 5) is 22.8. The van der Waals surface area contributed by atoms with Gasteiger partial charge in [0.2, 0.25) is 5.82 Å². The Kier molecular flexibility index (Phi) is 5.36. The second kappa shape index (κ2) is 7.64. The van der Waals surface area contributed by atoms with E-state index in [-0.39, 0.29) is 23.6 Å². The van der Waals surface area contributed by atoms with Crippen molar-refractivity contribution < 1.29 is 14.7 Å². The number of Topliss-reactive ketones (excluding diaryl/α,β-unsaturated/α-hetero) is 1. The molecule has 3 N–H and O–H groups in total. The average Bonchev–Trinajstić information content (AvgIpc) is 3.09. The molecule has 1 atom stereocenters. The first kappa shape index (κ1) is 16.8. The molecule has 24 heavy (non-hydrogen) atoms. The number of aliphatic carboxylic acids is 1. The number of rotatable bonds is 7. The molecule has 0 aliphatic rings. The molecule has 0 saturated carbocycles. The minimum absolute atomic E-state index is 0.166. The lowest BCUT2D eigenvalue weighted by molar-refractivity contribution is -0.137. The molecule has 1 aromatic heterocycles. The Morgan fingerprint density at radius 3 is 2.67 bits per heavy atom. The van der Waals surface area contributed by atoms with Crippen molar-refractivity contribution >= 4 is 23.0 Å². The normalized spacial score (nSPS) is 12.2. The molecule has 0 spiro atoms. The Morgan fingerprint density at radius 2 is 2.12 bits per heavy atom. The van der Waals surface area contributed by atoms with Crippen LogP contribution in [0.25, 0.3) is 5.57 Å². The molecule has 9 nitrogen and oxygen atoms in total. The molecular formula is C15H14N6O3. The number of nitrogens with zero attached hydrogens (tertiary/aromatic N) is 4. The number of carboxylic acid groups (broad SMARTS) is 1. The number of carboxylic acids is 1. The zero-order chi connectivity index (χ0) is 17.5. The van der Waals surface area contributed by atoms with E-state index in [2.05, 4.69) is 25.9 Å². The van der Waals surface area contributed by atoms with Gasteiger partial charge in [0.05, 0.1) is 6.42 Å². The monoisotopic (exact) mass is 326 g/mol. The molecule has 0 fully saturated rings. The summed E-state index contributed by atoms with van der Waals surface area (Å²) in [6.07, 6.45) is 1.21. The summed E-state index contributed by atoms with van der Waals surface area (Å²) < 4.78 is 0. The highest BCUT2D eigenvalue weighted by Gasteiger charge is 2.18. The molecule has 0 amide bonds. The minimum Gasteiger partial charge on any atom is -0.481 e. The summed E-state index contributed by atoms with van der Waals surface area (Å²) in [6.45, 7) is 1.58. The fraction of sp³-hybridized carbons (Fsp3) is 0.200. The summed E-state index contributed by atoms with van der Waals surface area (Å²) >= 11 is 0. The van der Waals surface area contributed by atoms with E-state index in [1.807, 2.05) is 6.07 Å². The molecule has 0 aliphatic carbocycles. The van der Waals surface area contributed by atoms with Gasteiger partial charge in [-0.25, -0.2) is 0 Å². The van der Waals surface area contributed by atoms with Gasteiger partial charge in [0, 0.05) is 23.4 Å². The number of nitriles is 1. The van der Waals surface area contributed by atoms with E-state index in [9.17, 15) is 9.59 Å². The van der Waals surface area contributed by atoms with Gasteiger partial charge in [-0.1, -0.05) is 6.92 Å². The fourth-order valence-corrected chi connectivity index (χ4v) is 1.95. The van der Waals surface area contributed by atoms with Crippen molar-refractivity contribution in [3.05, 3.63) is 41.9 Å². The first-order valence-electron chi connectivity index (χ1n) is 6.98. The Balaban J connectivity index is 2.06. The van der Waals surface area contributed by atoms with Crippen LogP contribution in [0.2, 0.25) is 0 Å². The lowest BCUT2D eigenvalue weighted by Gasteiger charge is -2.08. The summed E-state index contributed by atoms with van der Waals surface area (Å²) in [5.74, 6) is -1.67. The van der Waals surface area contributed by atoms with Crippen molar-refractivity contribution in [1.82, 2.24) is 20.6 Å². The Morgan fingerprint density at radius 1 is 1.42 bits per heavy atom. The van der Waals surface area contributed by atoms with E-state index in [0.717, 1.165) is 0 Å². The van der Waals surface area contributed by atoms with Crippen molar-refractivity contribution in [2.75, 3.05) is 5.32 Å². The Bertz CT molecular complexity index is 790. The lowest BCUT2D eigenvalue weighted by atomic mass is 9.96. The lowest BCUT2D eigenvalue weighted by Crippen LogP contribution is -2.15. The van der Waals surface area contributed by atoms with Crippen LogP contribution in [0.4, 0.5) is 5.69 Å². The predicted octanol–water partition coefficient (Wildman–Crippen LogP) is 1.47. The summed E-state index contributed by atoms with van der Waals surface area (Å²) in [7, 11) is 0. The largest absolute Gasteiger partial charge is 0.481 e. The number of ketones is 1. The van der Waals surface area contributed by atoms with Crippen LogP contribution in [-0.4, -0.2) is 37.5 Å². The number of hydrogen-bond acceptors (Lipinski definition) is 7. The van der Waals surface area contributed by atoms with Crippen LogP contribution in [-0.2, 0) is 4.79 Å². The van der Waals surface area contributed by atoms with Crippen LogP contribution >= 0.6 is 0 Å². The number of H-pyrrole nitrogens is 1. The van der Waals surface area contributed by atoms with Crippen molar-refractivity contribution in [1.29, 1.82) is 5.26 Å². The van der Waals surface area contributed by atoms with Crippen molar-refractivity contribution in [3.8, 4) is 6.07 Å². The summed E-state index contributed by atoms with van der Waals surface area (Å²) in [6, 6.07) is 8.44. The number of aromatic nitrogens is 4. The highest BCUT2D eigenvalue weighted by Crippen LogP contribution is 2.16. The quantitative estimate of drug-likeness (QED) is 0.512. The highest BCUT2D eigenvalue weighted by molar-refractivity contribution is 5.99. The van der Waals surface area contributed by atoms with Gasteiger partial charge in [0.1, 0.15) is 11.6 Å². The number of aromatic amines is 1. The zero-order valence-electron chi connectivity index (χ0n) is 12.7. The van der Waals surface area contributed by atoms with Crippen LogP contribution in [0.3, 0.4) is 0 Å². The summed E-state index contributed by atoms with van der Waals surface area (Å²) in [5.41, 5.74) is 1.27. The molecule has 0 radical (unpaired) electrons. The fourth-order valence-electron chi connectivity index (χ4n) is 1.95. The van der Waals surface area contributed by atoms with E-state index >= 15 is 0 Å². The molecular weight excluding hydrogens is 312 g/mol. The van der Waals surface area contributed by atoms with Crippen LogP contribution in [0.15, 0.2) is 30.5 Å². The molecule has 1 heterocycles. The van der Waals surface area contributed by atoms with Gasteiger partial charge in [0.15, 0.2) is 5.78 Å². The molecule has 2 rings (SSSR count). The number of allylic oxidation sites excluding steroid dienone is 1. The van der Waals surface area contributed by atoms with Gasteiger partial charge >= 0.3 is 5.97 Å². The molecule has 1 unspecified atom stereocenters. The van der Waals surface area contributed by atoms with Gasteiger partial charge in [-0.05, 0) is 29.5 Å². The molecule has 122 valence electrons. The smallest absolute Gasteiger partial charge is 0.304 e. The number of carbonyl (C=O) groups excluding carboxylic acids is 1. The van der Waals surface area contributed by atoms with Crippen molar-refractivity contribution in [2.24, 2.45) is 5.92 Å². The van der Waals surface area contributed by atoms with E-state index in [1.54, 1.807) is 31.2 Å². The topological polar surface area (TPSA) is 145 Å². The number of carbonyl (C=O) groups is 2. The Labute approximate surface area is 137 Å². The Hall–Kier alpha value is -3.54. The van der Waals surface area contributed by atoms with Gasteiger partial charge < -0.3 is 10.4 Å². The van der Waals surface area contributed by atoms with E-state index in [1.165, 1.54) is 6.20 Å². The number of anilines is 1. The number of nitrogens with one attached hydrogen (secondary N) is 2. The van der Waals surface area contributed by atoms with E-state index < -0.39 is 11.9 Å². The third-order valence-electron chi connectivity index (χ3n) is 3.19. The van der Waals surface area contributed by atoms with Crippen LogP contribution in [0, 0.1) is 17.2 Å². The minimum atomic E-state index is -1.01. The highest BCUT2D eigenvalue weighted by atomic mass is 16.4. The third-order valence-corrected chi connectivity index (χ3v) is 3.19. The second-order valence-corrected chi connectivity index (χ2v) is 4.99. The molecule has 1 aromatic carbocycles. The van der Waals surface area contributed by atoms with Gasteiger partial charge in [-0.2, -0.15) is 10.5 Å². The molecule has 9 heteroatoms. The summed E-state index contributed by atoms with van der Waals surface area (Å²) in [5, 5.41) is 33.7. The second-order valence-electron chi connectivity index (χ2n) is 4.99. The molecule has 2 aromatic rings. The van der Waals surface area contributed by atoms with Crippen LogP contribution in [0.1, 0.15) is 29.5 Å². The molecule has 0 saturated heterocycles. The maximum absolute atomic E-state index is 12.1. The first-order chi connectivity index (χ1) is 11.5. The van der Waals surface area contributed by atoms with Gasteiger partial charge in [-0.3, -0.25) is 9.59 Å². The standard InChI is InChI=1S/C15H14N6O3/c1-9(6-13(22)23)14(24)10-2-4-12(5-3-10)17-8-11(7-16)15-18-20-21-19-15/h2-5,8-9,17H,6H2,1H3,(H,22,23)(H,18,19,20,21). The first-order valence-corrected chi connectivity index (χ1v) is 6.98. The number of hydrogen-bond donors (Lipinski definition) is 3. The average molecular weight is 326 g/mol. The zero-order valence-corrected chi connectivity index (χ0v) is 12.7.